The molecule has 15 heavy (non-hydrogen) atoms. The van der Waals surface area contributed by atoms with Gasteiger partial charge < -0.3 is 9.57 Å². The summed E-state index contributed by atoms with van der Waals surface area (Å²) >= 11 is 5.28. The summed E-state index contributed by atoms with van der Waals surface area (Å²) in [5.74, 6) is -0.291. The van der Waals surface area contributed by atoms with Gasteiger partial charge in [0.05, 0.1) is 5.41 Å². The minimum Gasteiger partial charge on any atom is -0.449 e. The first-order chi connectivity index (χ1) is 7.02. The Morgan fingerprint density at radius 3 is 2.53 bits per heavy atom. The molecular weight excluding hydrogens is 226 g/mol. The van der Waals surface area contributed by atoms with Gasteiger partial charge in [0.1, 0.15) is 6.61 Å². The SMILES string of the molecule is O=C(OCCl)C12CC(CO[N+](=O)[O-])(C1)C2. The molecule has 0 atom stereocenters. The first kappa shape index (κ1) is 10.5. The number of halogens is 1. The molecule has 2 bridgehead atoms. The van der Waals surface area contributed by atoms with Gasteiger partial charge in [-0.25, -0.2) is 0 Å². The van der Waals surface area contributed by atoms with E-state index in [1.54, 1.807) is 0 Å². The summed E-state index contributed by atoms with van der Waals surface area (Å²) in [6, 6.07) is -0.140. The summed E-state index contributed by atoms with van der Waals surface area (Å²) in [5, 5.41) is 9.19. The highest BCUT2D eigenvalue weighted by molar-refractivity contribution is 6.17. The summed E-state index contributed by atoms with van der Waals surface area (Å²) in [4.78, 5) is 25.7. The zero-order valence-electron chi connectivity index (χ0n) is 7.90. The second-order valence-electron chi connectivity index (χ2n) is 4.35. The van der Waals surface area contributed by atoms with Crippen molar-refractivity contribution in [1.29, 1.82) is 0 Å². The summed E-state index contributed by atoms with van der Waals surface area (Å²) in [6.45, 7) is 0.0793. The van der Waals surface area contributed by atoms with Crippen LogP contribution < -0.4 is 0 Å². The number of carbonyl (C=O) groups excluding carboxylic acids is 1. The van der Waals surface area contributed by atoms with Crippen LogP contribution in [0.2, 0.25) is 0 Å². The van der Waals surface area contributed by atoms with Gasteiger partial charge in [-0.1, -0.05) is 11.6 Å². The third kappa shape index (κ3) is 1.52. The first-order valence-corrected chi connectivity index (χ1v) is 5.06. The molecule has 6 nitrogen and oxygen atoms in total. The summed E-state index contributed by atoms with van der Waals surface area (Å²) in [6.07, 6.45) is 1.84. The van der Waals surface area contributed by atoms with Crippen molar-refractivity contribution in [2.45, 2.75) is 19.3 Å². The molecule has 3 fully saturated rings. The lowest BCUT2D eigenvalue weighted by Gasteiger charge is -2.68. The van der Waals surface area contributed by atoms with E-state index in [-0.39, 0.29) is 24.1 Å². The molecule has 0 N–H and O–H groups in total. The number of carbonyl (C=O) groups is 1. The Labute approximate surface area is 90.6 Å². The number of esters is 1. The average molecular weight is 236 g/mol. The molecule has 0 radical (unpaired) electrons. The predicted molar refractivity (Wildman–Crippen MR) is 48.5 cm³/mol. The summed E-state index contributed by atoms with van der Waals surface area (Å²) < 4.78 is 4.71. The highest BCUT2D eigenvalue weighted by Crippen LogP contribution is 2.73. The molecule has 84 valence electrons. The van der Waals surface area contributed by atoms with Crippen LogP contribution in [-0.4, -0.2) is 23.7 Å². The van der Waals surface area contributed by atoms with Crippen LogP contribution in [0.5, 0.6) is 0 Å². The normalized spacial score (nSPS) is 36.1. The highest BCUT2D eigenvalue weighted by atomic mass is 35.5. The van der Waals surface area contributed by atoms with Crippen LogP contribution in [0.25, 0.3) is 0 Å². The van der Waals surface area contributed by atoms with E-state index in [2.05, 4.69) is 4.84 Å². The third-order valence-electron chi connectivity index (χ3n) is 3.23. The maximum atomic E-state index is 11.4. The van der Waals surface area contributed by atoms with Gasteiger partial charge >= 0.3 is 5.97 Å². The van der Waals surface area contributed by atoms with Crippen molar-refractivity contribution in [2.24, 2.45) is 10.8 Å². The lowest BCUT2D eigenvalue weighted by atomic mass is 9.35. The molecule has 0 aliphatic heterocycles. The van der Waals surface area contributed by atoms with Crippen molar-refractivity contribution >= 4 is 17.6 Å². The maximum absolute atomic E-state index is 11.4. The number of hydrogen-bond acceptors (Lipinski definition) is 5. The lowest BCUT2D eigenvalue weighted by molar-refractivity contribution is -0.763. The molecule has 3 aliphatic carbocycles. The zero-order chi connectivity index (χ0) is 11.1. The minimum absolute atomic E-state index is 0.0793. The molecule has 0 spiro atoms. The first-order valence-electron chi connectivity index (χ1n) is 4.53. The molecule has 0 aromatic rings. The zero-order valence-corrected chi connectivity index (χ0v) is 8.66. The highest BCUT2D eigenvalue weighted by Gasteiger charge is 2.72. The Bertz CT molecular complexity index is 298. The van der Waals surface area contributed by atoms with Crippen LogP contribution in [0.3, 0.4) is 0 Å². The van der Waals surface area contributed by atoms with Crippen LogP contribution in [0.15, 0.2) is 0 Å². The van der Waals surface area contributed by atoms with Crippen LogP contribution in [0.1, 0.15) is 19.3 Å². The molecule has 0 aromatic heterocycles. The average Bonchev–Trinajstić information content (AvgIpc) is 1.99. The van der Waals surface area contributed by atoms with Gasteiger partial charge in [0.2, 0.25) is 0 Å². The molecule has 0 amide bonds. The second-order valence-corrected chi connectivity index (χ2v) is 4.57. The van der Waals surface area contributed by atoms with Crippen LogP contribution in [0.4, 0.5) is 0 Å². The predicted octanol–water partition coefficient (Wildman–Crippen LogP) is 1.10. The van der Waals surface area contributed by atoms with Gasteiger partial charge in [0, 0.05) is 0 Å². The monoisotopic (exact) mass is 235 g/mol. The smallest absolute Gasteiger partial charge is 0.313 e. The Morgan fingerprint density at radius 2 is 2.07 bits per heavy atom. The number of nitrogens with zero attached hydrogens (tertiary/aromatic N) is 1. The van der Waals surface area contributed by atoms with E-state index in [4.69, 9.17) is 16.3 Å². The topological polar surface area (TPSA) is 78.7 Å². The third-order valence-corrected chi connectivity index (χ3v) is 3.34. The molecule has 0 saturated heterocycles. The Kier molecular flexibility index (Phi) is 2.26. The molecule has 7 heteroatoms. The molecule has 0 unspecified atom stereocenters. The van der Waals surface area contributed by atoms with Crippen molar-refractivity contribution in [3.8, 4) is 0 Å². The van der Waals surface area contributed by atoms with E-state index in [0.29, 0.717) is 19.3 Å². The van der Waals surface area contributed by atoms with E-state index in [9.17, 15) is 14.9 Å². The Morgan fingerprint density at radius 1 is 1.47 bits per heavy atom. The maximum Gasteiger partial charge on any atom is 0.313 e. The largest absolute Gasteiger partial charge is 0.449 e. The molecule has 0 aromatic carbocycles. The van der Waals surface area contributed by atoms with Gasteiger partial charge in [-0.15, -0.1) is 10.1 Å². The summed E-state index contributed by atoms with van der Waals surface area (Å²) in [7, 11) is 0. The van der Waals surface area contributed by atoms with Crippen molar-refractivity contribution < 1.29 is 19.5 Å². The van der Waals surface area contributed by atoms with E-state index in [1.807, 2.05) is 0 Å². The van der Waals surface area contributed by atoms with Gasteiger partial charge in [-0.05, 0) is 24.7 Å². The van der Waals surface area contributed by atoms with Crippen molar-refractivity contribution in [2.75, 3.05) is 12.7 Å². The minimum atomic E-state index is -0.801. The number of hydrogen-bond donors (Lipinski definition) is 0. The Balaban J connectivity index is 1.79. The molecule has 3 aliphatic rings. The van der Waals surface area contributed by atoms with E-state index in [0.717, 1.165) is 0 Å². The van der Waals surface area contributed by atoms with Crippen LogP contribution in [-0.2, 0) is 14.4 Å². The standard InChI is InChI=1S/C8H10ClNO5/c9-5-14-6(11)8-1-7(2-8,3-8)4-15-10(12)13/h1-5H2. The lowest BCUT2D eigenvalue weighted by Crippen LogP contribution is -2.67. The molecular formula is C8H10ClNO5. The molecule has 0 heterocycles. The van der Waals surface area contributed by atoms with E-state index >= 15 is 0 Å². The fourth-order valence-corrected chi connectivity index (χ4v) is 2.86. The number of alkyl halides is 1. The molecule has 3 saturated carbocycles. The Hall–Kier alpha value is -1.04. The van der Waals surface area contributed by atoms with Gasteiger partial charge in [-0.3, -0.25) is 4.79 Å². The summed E-state index contributed by atoms with van der Waals surface area (Å²) in [5.41, 5.74) is -0.590. The van der Waals surface area contributed by atoms with Crippen molar-refractivity contribution in [3.05, 3.63) is 10.1 Å². The van der Waals surface area contributed by atoms with Crippen molar-refractivity contribution in [1.82, 2.24) is 0 Å². The molecule has 3 rings (SSSR count). The van der Waals surface area contributed by atoms with Gasteiger partial charge in [0.15, 0.2) is 6.07 Å². The number of rotatable bonds is 5. The number of ether oxygens (including phenoxy) is 1. The fourth-order valence-electron chi connectivity index (χ4n) is 2.76. The van der Waals surface area contributed by atoms with Crippen molar-refractivity contribution in [3.63, 3.8) is 0 Å². The van der Waals surface area contributed by atoms with Crippen LogP contribution >= 0.6 is 11.6 Å². The van der Waals surface area contributed by atoms with Gasteiger partial charge in [0.25, 0.3) is 5.09 Å². The fraction of sp³-hybridized carbons (Fsp3) is 0.875. The second kappa shape index (κ2) is 3.23. The quantitative estimate of drug-likeness (QED) is 0.309. The van der Waals surface area contributed by atoms with Gasteiger partial charge in [-0.2, -0.15) is 0 Å². The van der Waals surface area contributed by atoms with E-state index in [1.165, 1.54) is 0 Å². The van der Waals surface area contributed by atoms with E-state index < -0.39 is 10.5 Å². The van der Waals surface area contributed by atoms with Crippen LogP contribution in [0, 0.1) is 20.9 Å².